The summed E-state index contributed by atoms with van der Waals surface area (Å²) in [5, 5.41) is 8.31. The fraction of sp³-hybridized carbons (Fsp3) is 0.400. The minimum Gasteiger partial charge on any atom is -0.390 e. The third-order valence-electron chi connectivity index (χ3n) is 2.18. The van der Waals surface area contributed by atoms with Crippen LogP contribution in [-0.2, 0) is 10.0 Å². The van der Waals surface area contributed by atoms with Gasteiger partial charge in [-0.3, -0.25) is 0 Å². The Hall–Kier alpha value is -1.12. The van der Waals surface area contributed by atoms with Crippen LogP contribution in [0.2, 0.25) is 0 Å². The second kappa shape index (κ2) is 5.25. The maximum atomic E-state index is 13.4. The number of aryl methyl sites for hydroxylation is 1. The molecule has 0 saturated heterocycles. The lowest BCUT2D eigenvalue weighted by molar-refractivity contribution is -0.0437. The predicted molar refractivity (Wildman–Crippen MR) is 58.4 cm³/mol. The molecule has 1 rings (SSSR count). The Balaban J connectivity index is 3.01. The van der Waals surface area contributed by atoms with Crippen LogP contribution in [0.3, 0.4) is 0 Å². The van der Waals surface area contributed by atoms with Gasteiger partial charge in [0.2, 0.25) is 10.0 Å². The molecule has 0 radical (unpaired) electrons. The second-order valence-electron chi connectivity index (χ2n) is 3.72. The number of aliphatic hydroxyl groups excluding tert-OH is 1. The second-order valence-corrected chi connectivity index (χ2v) is 5.43. The van der Waals surface area contributed by atoms with Crippen LogP contribution in [0, 0.1) is 12.7 Å². The summed E-state index contributed by atoms with van der Waals surface area (Å²) >= 11 is 0. The Kier molecular flexibility index (Phi) is 4.36. The number of hydrogen-bond acceptors (Lipinski definition) is 3. The molecule has 8 heteroatoms. The minimum absolute atomic E-state index is 0.106. The molecule has 0 unspecified atom stereocenters. The molecule has 102 valence electrons. The van der Waals surface area contributed by atoms with Gasteiger partial charge in [0.15, 0.2) is 0 Å². The van der Waals surface area contributed by atoms with Gasteiger partial charge >= 0.3 is 0 Å². The lowest BCUT2D eigenvalue weighted by atomic mass is 10.2. The first-order chi connectivity index (χ1) is 8.19. The first-order valence-corrected chi connectivity index (χ1v) is 6.41. The third-order valence-corrected chi connectivity index (χ3v) is 3.76. The summed E-state index contributed by atoms with van der Waals surface area (Å²) in [6, 6.07) is 3.58. The Bertz CT molecular complexity index is 511. The van der Waals surface area contributed by atoms with E-state index >= 15 is 0 Å². The smallest absolute Gasteiger partial charge is 0.283 e. The van der Waals surface area contributed by atoms with Gasteiger partial charge in [0.25, 0.3) is 5.92 Å². The lowest BCUT2D eigenvalue weighted by Crippen LogP contribution is -2.39. The normalized spacial score (nSPS) is 12.7. The van der Waals surface area contributed by atoms with Crippen molar-refractivity contribution in [1.29, 1.82) is 0 Å². The van der Waals surface area contributed by atoms with E-state index in [1.165, 1.54) is 19.1 Å². The first-order valence-electron chi connectivity index (χ1n) is 4.93. The molecule has 0 spiro atoms. The van der Waals surface area contributed by atoms with Gasteiger partial charge in [-0.25, -0.2) is 26.3 Å². The predicted octanol–water partition coefficient (Wildman–Crippen LogP) is 1.04. The largest absolute Gasteiger partial charge is 0.390 e. The van der Waals surface area contributed by atoms with Gasteiger partial charge in [-0.15, -0.1) is 0 Å². The van der Waals surface area contributed by atoms with Crippen LogP contribution in [0.15, 0.2) is 23.1 Å². The molecular weight excluding hydrogens is 271 g/mol. The van der Waals surface area contributed by atoms with E-state index in [-0.39, 0.29) is 5.56 Å². The van der Waals surface area contributed by atoms with Crippen molar-refractivity contribution in [3.8, 4) is 0 Å². The molecule has 0 aliphatic carbocycles. The Labute approximate surface area is 102 Å². The Morgan fingerprint density at radius 1 is 1.39 bits per heavy atom. The Morgan fingerprint density at radius 2 is 2.00 bits per heavy atom. The maximum Gasteiger partial charge on any atom is 0.283 e. The molecule has 2 N–H and O–H groups in total. The highest BCUT2D eigenvalue weighted by atomic mass is 32.2. The standard InChI is InChI=1S/C10H12F3NO3S/c1-7-3-2-4-8(11)9(7)18(16,17)14-5-10(12,13)6-15/h2-4,14-15H,5-6H2,1H3. The number of rotatable bonds is 5. The van der Waals surface area contributed by atoms with Gasteiger partial charge in [-0.1, -0.05) is 12.1 Å². The molecular formula is C10H12F3NO3S. The molecule has 4 nitrogen and oxygen atoms in total. The quantitative estimate of drug-likeness (QED) is 0.848. The van der Waals surface area contributed by atoms with Gasteiger partial charge in [-0.05, 0) is 18.6 Å². The molecule has 0 aliphatic rings. The lowest BCUT2D eigenvalue weighted by Gasteiger charge is -2.15. The van der Waals surface area contributed by atoms with Crippen molar-refractivity contribution in [3.05, 3.63) is 29.6 Å². The van der Waals surface area contributed by atoms with E-state index in [9.17, 15) is 21.6 Å². The average molecular weight is 283 g/mol. The number of hydrogen-bond donors (Lipinski definition) is 2. The third kappa shape index (κ3) is 3.44. The highest BCUT2D eigenvalue weighted by Crippen LogP contribution is 2.19. The van der Waals surface area contributed by atoms with Gasteiger partial charge in [0.05, 0.1) is 6.54 Å². The van der Waals surface area contributed by atoms with Crippen LogP contribution in [0.4, 0.5) is 13.2 Å². The fourth-order valence-corrected chi connectivity index (χ4v) is 2.65. The number of sulfonamides is 1. The van der Waals surface area contributed by atoms with E-state index in [0.29, 0.717) is 0 Å². The molecule has 0 amide bonds. The molecule has 1 aromatic rings. The highest BCUT2D eigenvalue weighted by molar-refractivity contribution is 7.89. The van der Waals surface area contributed by atoms with Crippen molar-refractivity contribution in [2.24, 2.45) is 0 Å². The molecule has 0 bridgehead atoms. The van der Waals surface area contributed by atoms with Crippen LogP contribution < -0.4 is 4.72 Å². The van der Waals surface area contributed by atoms with Gasteiger partial charge < -0.3 is 5.11 Å². The molecule has 0 fully saturated rings. The van der Waals surface area contributed by atoms with Crippen LogP contribution in [0.5, 0.6) is 0 Å². The number of nitrogens with one attached hydrogen (secondary N) is 1. The number of halogens is 3. The monoisotopic (exact) mass is 283 g/mol. The van der Waals surface area contributed by atoms with Crippen molar-refractivity contribution in [2.75, 3.05) is 13.2 Å². The summed E-state index contributed by atoms with van der Waals surface area (Å²) in [5.41, 5.74) is 0.106. The van der Waals surface area contributed by atoms with Crippen molar-refractivity contribution in [1.82, 2.24) is 4.72 Å². The van der Waals surface area contributed by atoms with Crippen molar-refractivity contribution in [3.63, 3.8) is 0 Å². The topological polar surface area (TPSA) is 66.4 Å². The van der Waals surface area contributed by atoms with E-state index < -0.39 is 39.8 Å². The van der Waals surface area contributed by atoms with Gasteiger partial charge in [0.1, 0.15) is 17.3 Å². The van der Waals surface area contributed by atoms with Crippen LogP contribution >= 0.6 is 0 Å². The summed E-state index contributed by atoms with van der Waals surface area (Å²) in [6.07, 6.45) is 0. The molecule has 0 heterocycles. The van der Waals surface area contributed by atoms with E-state index in [0.717, 1.165) is 6.07 Å². The zero-order chi connectivity index (χ0) is 14.0. The Morgan fingerprint density at radius 3 is 2.50 bits per heavy atom. The fourth-order valence-electron chi connectivity index (χ4n) is 1.29. The van der Waals surface area contributed by atoms with Gasteiger partial charge in [0, 0.05) is 0 Å². The molecule has 0 atom stereocenters. The number of benzene rings is 1. The van der Waals surface area contributed by atoms with Crippen LogP contribution in [0.1, 0.15) is 5.56 Å². The molecule has 0 aliphatic heterocycles. The van der Waals surface area contributed by atoms with E-state index in [1.54, 1.807) is 4.72 Å². The van der Waals surface area contributed by atoms with Gasteiger partial charge in [-0.2, -0.15) is 0 Å². The van der Waals surface area contributed by atoms with E-state index in [1.807, 2.05) is 0 Å². The molecule has 0 saturated carbocycles. The number of aliphatic hydroxyl groups is 1. The van der Waals surface area contributed by atoms with Crippen LogP contribution in [-0.4, -0.2) is 32.6 Å². The molecule has 18 heavy (non-hydrogen) atoms. The molecule has 1 aromatic carbocycles. The number of alkyl halides is 2. The van der Waals surface area contributed by atoms with Crippen molar-refractivity contribution in [2.45, 2.75) is 17.7 Å². The first kappa shape index (κ1) is 14.9. The highest BCUT2D eigenvalue weighted by Gasteiger charge is 2.31. The SMILES string of the molecule is Cc1cccc(F)c1S(=O)(=O)NCC(F)(F)CO. The maximum absolute atomic E-state index is 13.4. The summed E-state index contributed by atoms with van der Waals surface area (Å²) < 4.78 is 63.8. The summed E-state index contributed by atoms with van der Waals surface area (Å²) in [7, 11) is -4.38. The molecule has 0 aromatic heterocycles. The zero-order valence-corrected chi connectivity index (χ0v) is 10.3. The average Bonchev–Trinajstić information content (AvgIpc) is 2.26. The summed E-state index contributed by atoms with van der Waals surface area (Å²) in [6.45, 7) is -1.44. The summed E-state index contributed by atoms with van der Waals surface area (Å²) in [5.74, 6) is -4.61. The van der Waals surface area contributed by atoms with Crippen molar-refractivity contribution < 1.29 is 26.7 Å². The van der Waals surface area contributed by atoms with E-state index in [4.69, 9.17) is 5.11 Å². The summed E-state index contributed by atoms with van der Waals surface area (Å²) in [4.78, 5) is -0.668. The van der Waals surface area contributed by atoms with Crippen molar-refractivity contribution >= 4 is 10.0 Å². The zero-order valence-electron chi connectivity index (χ0n) is 9.45. The minimum atomic E-state index is -4.38. The van der Waals surface area contributed by atoms with E-state index in [2.05, 4.69) is 0 Å². The van der Waals surface area contributed by atoms with Crippen LogP contribution in [0.25, 0.3) is 0 Å².